The van der Waals surface area contributed by atoms with Crippen molar-refractivity contribution in [2.45, 2.75) is 26.3 Å². The maximum atomic E-state index is 12.0. The lowest BCUT2D eigenvalue weighted by Gasteiger charge is -2.31. The van der Waals surface area contributed by atoms with Gasteiger partial charge >= 0.3 is 0 Å². The van der Waals surface area contributed by atoms with Crippen molar-refractivity contribution < 1.29 is 4.79 Å². The van der Waals surface area contributed by atoms with Crippen LogP contribution in [0.15, 0.2) is 10.5 Å². The van der Waals surface area contributed by atoms with Gasteiger partial charge in [-0.2, -0.15) is 0 Å². The molecule has 0 bridgehead atoms. The van der Waals surface area contributed by atoms with E-state index in [1.54, 1.807) is 0 Å². The summed E-state index contributed by atoms with van der Waals surface area (Å²) in [7, 11) is 0. The average molecular weight is 360 g/mol. The Kier molecular flexibility index (Phi) is 6.01. The van der Waals surface area contributed by atoms with E-state index >= 15 is 0 Å². The molecule has 1 aromatic rings. The van der Waals surface area contributed by atoms with Crippen LogP contribution in [0, 0.1) is 12.8 Å². The SMILES string of the molecule is Cc1sc(CN2CCCC(C(=O)NCCN)C2)cc1Br. The Morgan fingerprint density at radius 3 is 3.10 bits per heavy atom. The van der Waals surface area contributed by atoms with Crippen LogP contribution >= 0.6 is 27.3 Å². The minimum Gasteiger partial charge on any atom is -0.355 e. The van der Waals surface area contributed by atoms with Crippen LogP contribution < -0.4 is 11.1 Å². The van der Waals surface area contributed by atoms with E-state index in [0.29, 0.717) is 13.1 Å². The van der Waals surface area contributed by atoms with Crippen molar-refractivity contribution >= 4 is 33.2 Å². The highest BCUT2D eigenvalue weighted by atomic mass is 79.9. The molecule has 1 atom stereocenters. The van der Waals surface area contributed by atoms with Gasteiger partial charge in [0.05, 0.1) is 5.92 Å². The molecule has 1 amide bonds. The van der Waals surface area contributed by atoms with Gasteiger partial charge in [-0.05, 0) is 48.3 Å². The number of piperidine rings is 1. The minimum atomic E-state index is 0.111. The standard InChI is InChI=1S/C14H22BrN3OS/c1-10-13(15)7-12(20-10)9-18-6-2-3-11(8-18)14(19)17-5-4-16/h7,11H,2-6,8-9,16H2,1H3,(H,17,19). The van der Waals surface area contributed by atoms with Crippen LogP contribution in [-0.4, -0.2) is 37.0 Å². The highest BCUT2D eigenvalue weighted by Crippen LogP contribution is 2.28. The Labute approximate surface area is 132 Å². The van der Waals surface area contributed by atoms with Gasteiger partial charge in [0, 0.05) is 40.4 Å². The third kappa shape index (κ3) is 4.28. The zero-order valence-corrected chi connectivity index (χ0v) is 14.2. The van der Waals surface area contributed by atoms with Gasteiger partial charge in [-0.25, -0.2) is 0 Å². The molecule has 1 fully saturated rings. The van der Waals surface area contributed by atoms with Gasteiger partial charge in [-0.1, -0.05) is 0 Å². The van der Waals surface area contributed by atoms with Crippen LogP contribution in [0.1, 0.15) is 22.6 Å². The predicted octanol–water partition coefficient (Wildman–Crippen LogP) is 2.11. The Morgan fingerprint density at radius 2 is 2.45 bits per heavy atom. The molecule has 112 valence electrons. The number of hydrogen-bond acceptors (Lipinski definition) is 4. The molecule has 0 saturated carbocycles. The molecule has 0 radical (unpaired) electrons. The Bertz CT molecular complexity index is 444. The molecule has 1 aliphatic heterocycles. The normalized spacial score (nSPS) is 20.1. The summed E-state index contributed by atoms with van der Waals surface area (Å²) in [5, 5.41) is 2.90. The molecule has 0 spiro atoms. The monoisotopic (exact) mass is 359 g/mol. The van der Waals surface area contributed by atoms with E-state index in [4.69, 9.17) is 5.73 Å². The molecule has 1 unspecified atom stereocenters. The van der Waals surface area contributed by atoms with Gasteiger partial charge in [-0.3, -0.25) is 9.69 Å². The first-order valence-corrected chi connectivity index (χ1v) is 8.66. The molecule has 3 N–H and O–H groups in total. The Hall–Kier alpha value is -0.430. The zero-order chi connectivity index (χ0) is 14.5. The average Bonchev–Trinajstić information content (AvgIpc) is 2.75. The van der Waals surface area contributed by atoms with E-state index in [1.165, 1.54) is 14.2 Å². The summed E-state index contributed by atoms with van der Waals surface area (Å²) >= 11 is 5.39. The second-order valence-electron chi connectivity index (χ2n) is 5.27. The van der Waals surface area contributed by atoms with Gasteiger partial charge in [0.2, 0.25) is 5.91 Å². The van der Waals surface area contributed by atoms with Crippen LogP contribution in [0.25, 0.3) is 0 Å². The lowest BCUT2D eigenvalue weighted by molar-refractivity contribution is -0.126. The number of carbonyl (C=O) groups excluding carboxylic acids is 1. The molecular weight excluding hydrogens is 338 g/mol. The van der Waals surface area contributed by atoms with Gasteiger partial charge in [0.1, 0.15) is 0 Å². The van der Waals surface area contributed by atoms with Gasteiger partial charge in [0.25, 0.3) is 0 Å². The number of carbonyl (C=O) groups is 1. The summed E-state index contributed by atoms with van der Waals surface area (Å²) in [4.78, 5) is 17.1. The zero-order valence-electron chi connectivity index (χ0n) is 11.8. The topological polar surface area (TPSA) is 58.4 Å². The molecule has 1 aliphatic rings. The van der Waals surface area contributed by atoms with Crippen molar-refractivity contribution in [1.29, 1.82) is 0 Å². The second kappa shape index (κ2) is 7.54. The number of rotatable bonds is 5. The second-order valence-corrected chi connectivity index (χ2v) is 7.47. The van der Waals surface area contributed by atoms with Crippen molar-refractivity contribution in [2.75, 3.05) is 26.2 Å². The summed E-state index contributed by atoms with van der Waals surface area (Å²) in [5.41, 5.74) is 5.42. The quantitative estimate of drug-likeness (QED) is 0.846. The number of nitrogens with one attached hydrogen (secondary N) is 1. The van der Waals surface area contributed by atoms with Crippen LogP contribution in [0.5, 0.6) is 0 Å². The van der Waals surface area contributed by atoms with Crippen LogP contribution in [-0.2, 0) is 11.3 Å². The lowest BCUT2D eigenvalue weighted by atomic mass is 9.97. The van der Waals surface area contributed by atoms with Crippen molar-refractivity contribution in [2.24, 2.45) is 11.7 Å². The number of aryl methyl sites for hydroxylation is 1. The fourth-order valence-corrected chi connectivity index (χ4v) is 4.21. The van der Waals surface area contributed by atoms with Crippen molar-refractivity contribution in [3.8, 4) is 0 Å². The fraction of sp³-hybridized carbons (Fsp3) is 0.643. The molecule has 0 aliphatic carbocycles. The first kappa shape index (κ1) is 15.9. The molecular formula is C14H22BrN3OS. The number of thiophene rings is 1. The Balaban J connectivity index is 1.88. The third-order valence-electron chi connectivity index (χ3n) is 3.61. The van der Waals surface area contributed by atoms with E-state index in [1.807, 2.05) is 11.3 Å². The summed E-state index contributed by atoms with van der Waals surface area (Å²) < 4.78 is 1.19. The van der Waals surface area contributed by atoms with Crippen molar-refractivity contribution in [3.05, 3.63) is 20.3 Å². The maximum absolute atomic E-state index is 12.0. The van der Waals surface area contributed by atoms with Crippen LogP contribution in [0.2, 0.25) is 0 Å². The molecule has 2 rings (SSSR count). The summed E-state index contributed by atoms with van der Waals surface area (Å²) in [6.45, 7) is 6.08. The molecule has 2 heterocycles. The summed E-state index contributed by atoms with van der Waals surface area (Å²) in [6.07, 6.45) is 2.08. The van der Waals surface area contributed by atoms with Gasteiger partial charge < -0.3 is 11.1 Å². The molecule has 6 heteroatoms. The number of nitrogens with two attached hydrogens (primary N) is 1. The fourth-order valence-electron chi connectivity index (χ4n) is 2.57. The smallest absolute Gasteiger partial charge is 0.224 e. The van der Waals surface area contributed by atoms with Crippen LogP contribution in [0.4, 0.5) is 0 Å². The van der Waals surface area contributed by atoms with E-state index in [9.17, 15) is 4.79 Å². The molecule has 1 aromatic heterocycles. The maximum Gasteiger partial charge on any atom is 0.224 e. The summed E-state index contributed by atoms with van der Waals surface area (Å²) in [5.74, 6) is 0.267. The van der Waals surface area contributed by atoms with E-state index in [0.717, 1.165) is 32.5 Å². The third-order valence-corrected chi connectivity index (χ3v) is 5.73. The van der Waals surface area contributed by atoms with E-state index in [-0.39, 0.29) is 11.8 Å². The predicted molar refractivity (Wildman–Crippen MR) is 86.8 cm³/mol. The largest absolute Gasteiger partial charge is 0.355 e. The van der Waals surface area contributed by atoms with Crippen molar-refractivity contribution in [3.63, 3.8) is 0 Å². The Morgan fingerprint density at radius 1 is 1.65 bits per heavy atom. The summed E-state index contributed by atoms with van der Waals surface area (Å²) in [6, 6.07) is 2.19. The van der Waals surface area contributed by atoms with Crippen molar-refractivity contribution in [1.82, 2.24) is 10.2 Å². The first-order valence-electron chi connectivity index (χ1n) is 7.05. The molecule has 1 saturated heterocycles. The molecule has 4 nitrogen and oxygen atoms in total. The van der Waals surface area contributed by atoms with E-state index < -0.39 is 0 Å². The number of likely N-dealkylation sites (tertiary alicyclic amines) is 1. The van der Waals surface area contributed by atoms with Gasteiger partial charge in [-0.15, -0.1) is 11.3 Å². The minimum absolute atomic E-state index is 0.111. The highest BCUT2D eigenvalue weighted by molar-refractivity contribution is 9.10. The number of hydrogen-bond donors (Lipinski definition) is 2. The number of halogens is 1. The number of amides is 1. The van der Waals surface area contributed by atoms with Crippen LogP contribution in [0.3, 0.4) is 0 Å². The number of nitrogens with zero attached hydrogens (tertiary/aromatic N) is 1. The van der Waals surface area contributed by atoms with Gasteiger partial charge in [0.15, 0.2) is 0 Å². The molecule has 20 heavy (non-hydrogen) atoms. The molecule has 0 aromatic carbocycles. The lowest BCUT2D eigenvalue weighted by Crippen LogP contribution is -2.43. The van der Waals surface area contributed by atoms with E-state index in [2.05, 4.69) is 39.1 Å². The first-order chi connectivity index (χ1) is 9.60. The highest BCUT2D eigenvalue weighted by Gasteiger charge is 2.25.